The molecule has 32 heavy (non-hydrogen) atoms. The highest BCUT2D eigenvalue weighted by Gasteiger charge is 2.51. The Bertz CT molecular complexity index is 893. The molecule has 3 fully saturated rings. The molecule has 11 heteroatoms. The van der Waals surface area contributed by atoms with E-state index in [9.17, 15) is 14.9 Å². The summed E-state index contributed by atoms with van der Waals surface area (Å²) < 4.78 is 4.65. The molecule has 2 bridgehead atoms. The van der Waals surface area contributed by atoms with E-state index in [1.54, 1.807) is 4.90 Å². The minimum atomic E-state index is -0.730. The predicted molar refractivity (Wildman–Crippen MR) is 116 cm³/mol. The first-order valence-corrected chi connectivity index (χ1v) is 11.5. The maximum absolute atomic E-state index is 13.2. The van der Waals surface area contributed by atoms with Gasteiger partial charge in [-0.2, -0.15) is 11.2 Å². The Morgan fingerprint density at radius 3 is 2.78 bits per heavy atom. The van der Waals surface area contributed by atoms with Gasteiger partial charge in [-0.25, -0.2) is 0 Å². The van der Waals surface area contributed by atoms with Crippen molar-refractivity contribution < 1.29 is 18.9 Å². The van der Waals surface area contributed by atoms with Crippen molar-refractivity contribution in [1.82, 2.24) is 14.7 Å². The Balaban J connectivity index is 1.35. The second-order valence-corrected chi connectivity index (χ2v) is 9.30. The van der Waals surface area contributed by atoms with Crippen LogP contribution < -0.4 is 11.6 Å². The van der Waals surface area contributed by atoms with E-state index in [1.807, 2.05) is 41.0 Å². The Hall–Kier alpha value is -2.20. The molecule has 2 amide bonds. The zero-order valence-electron chi connectivity index (χ0n) is 17.9. The van der Waals surface area contributed by atoms with Crippen molar-refractivity contribution in [2.75, 3.05) is 19.6 Å². The van der Waals surface area contributed by atoms with Crippen molar-refractivity contribution in [3.63, 3.8) is 0 Å². The summed E-state index contributed by atoms with van der Waals surface area (Å²) in [5, 5.41) is 9.24. The van der Waals surface area contributed by atoms with Gasteiger partial charge in [-0.3, -0.25) is 14.5 Å². The number of piperazine rings is 1. The second kappa shape index (κ2) is 9.74. The van der Waals surface area contributed by atoms with Crippen molar-refractivity contribution in [2.45, 2.75) is 61.3 Å². The Morgan fingerprint density at radius 1 is 1.38 bits per heavy atom. The van der Waals surface area contributed by atoms with Gasteiger partial charge in [0.05, 0.1) is 36.2 Å². The lowest BCUT2D eigenvalue weighted by Crippen LogP contribution is -2.56. The number of carbonyl (C=O) groups is 2. The lowest BCUT2D eigenvalue weighted by atomic mass is 10.1. The van der Waals surface area contributed by atoms with Gasteiger partial charge in [0.15, 0.2) is 0 Å². The minimum absolute atomic E-state index is 0.0679. The third-order valence-electron chi connectivity index (χ3n) is 6.70. The van der Waals surface area contributed by atoms with Gasteiger partial charge in [-0.05, 0) is 43.9 Å². The molecular weight excluding hydrogens is 432 g/mol. The highest BCUT2D eigenvalue weighted by Crippen LogP contribution is 2.38. The number of rotatable bonds is 8. The molecule has 0 unspecified atom stereocenters. The van der Waals surface area contributed by atoms with E-state index in [4.69, 9.17) is 11.6 Å². The van der Waals surface area contributed by atoms with Gasteiger partial charge < -0.3 is 15.5 Å². The summed E-state index contributed by atoms with van der Waals surface area (Å²) >= 11 is 1.01. The monoisotopic (exact) mass is 460 g/mol. The van der Waals surface area contributed by atoms with Gasteiger partial charge in [0.1, 0.15) is 6.04 Å². The fraction of sp³-hybridized carbons (Fsp3) is 0.571. The number of benzene rings is 1. The summed E-state index contributed by atoms with van der Waals surface area (Å²) in [5.74, 6) is 4.73. The molecule has 3 heterocycles. The van der Waals surface area contributed by atoms with Crippen molar-refractivity contribution in [1.29, 1.82) is 5.26 Å². The molecule has 0 saturated carbocycles. The predicted octanol–water partition coefficient (Wildman–Crippen LogP) is 0.704. The average molecular weight is 461 g/mol. The lowest BCUT2D eigenvalue weighted by Gasteiger charge is -2.38. The van der Waals surface area contributed by atoms with Crippen LogP contribution in [0.5, 0.6) is 0 Å². The molecule has 0 aliphatic carbocycles. The van der Waals surface area contributed by atoms with Crippen molar-refractivity contribution >= 4 is 23.9 Å². The molecule has 1 aromatic carbocycles. The number of carbonyl (C=O) groups excluding carboxylic acids is 2. The number of likely N-dealkylation sites (tertiary alicyclic amines) is 3. The molecule has 0 spiro atoms. The van der Waals surface area contributed by atoms with Crippen LogP contribution in [0.4, 0.5) is 0 Å². The van der Waals surface area contributed by atoms with Crippen LogP contribution in [-0.4, -0.2) is 70.3 Å². The second-order valence-electron chi connectivity index (χ2n) is 8.52. The van der Waals surface area contributed by atoms with E-state index in [2.05, 4.69) is 15.4 Å². The van der Waals surface area contributed by atoms with Crippen LogP contribution in [-0.2, 0) is 18.9 Å². The van der Waals surface area contributed by atoms with Crippen molar-refractivity contribution in [2.24, 2.45) is 11.6 Å². The van der Waals surface area contributed by atoms with Gasteiger partial charge in [0, 0.05) is 30.6 Å². The van der Waals surface area contributed by atoms with Gasteiger partial charge >= 0.3 is 0 Å². The van der Waals surface area contributed by atoms with Gasteiger partial charge in [0.2, 0.25) is 11.8 Å². The van der Waals surface area contributed by atoms with Crippen LogP contribution in [0.1, 0.15) is 37.8 Å². The maximum Gasteiger partial charge on any atom is 0.241 e. The molecule has 172 valence electrons. The van der Waals surface area contributed by atoms with Crippen LogP contribution in [0.15, 0.2) is 29.2 Å². The van der Waals surface area contributed by atoms with Crippen LogP contribution >= 0.6 is 12.0 Å². The van der Waals surface area contributed by atoms with Crippen LogP contribution in [0.25, 0.3) is 0 Å². The number of fused-ring (bicyclic) bond motifs is 2. The summed E-state index contributed by atoms with van der Waals surface area (Å²) in [5.41, 5.74) is 7.24. The minimum Gasteiger partial charge on any atom is -0.330 e. The lowest BCUT2D eigenvalue weighted by molar-refractivity contribution is -0.195. The third-order valence-corrected chi connectivity index (χ3v) is 7.31. The summed E-state index contributed by atoms with van der Waals surface area (Å²) in [7, 11) is 0. The number of nitrogens with two attached hydrogens (primary N) is 2. The normalized spacial score (nSPS) is 27.1. The first-order valence-electron chi connectivity index (χ1n) is 10.8. The van der Waals surface area contributed by atoms with Crippen molar-refractivity contribution in [3.05, 3.63) is 29.8 Å². The Kier molecular flexibility index (Phi) is 6.99. The molecular formula is C21H28N6O4S. The number of nitrogens with zero attached hydrogens (tertiary/aromatic N) is 4. The van der Waals surface area contributed by atoms with E-state index < -0.39 is 6.04 Å². The Labute approximate surface area is 191 Å². The Morgan fingerprint density at radius 2 is 2.12 bits per heavy atom. The average Bonchev–Trinajstić information content (AvgIpc) is 3.51. The van der Waals surface area contributed by atoms with Gasteiger partial charge in [-0.1, -0.05) is 12.1 Å². The number of nitriles is 1. The topological polar surface area (TPSA) is 138 Å². The fourth-order valence-electron chi connectivity index (χ4n) is 5.13. The SMILES string of the molecule is C[C@@H](c1ccc(SOON)cc1)N1C(=O)[C@H]2C[C@@H]1CN2C[C@H](N)C(=O)N1CCC[C@H]1C#N. The van der Waals surface area contributed by atoms with E-state index in [0.717, 1.165) is 35.3 Å². The first kappa shape index (κ1) is 23.0. The summed E-state index contributed by atoms with van der Waals surface area (Å²) in [6.07, 6.45) is 2.26. The van der Waals surface area contributed by atoms with E-state index >= 15 is 0 Å². The maximum atomic E-state index is 13.2. The first-order chi connectivity index (χ1) is 15.4. The molecule has 1 aromatic rings. The zero-order valence-corrected chi connectivity index (χ0v) is 18.7. The summed E-state index contributed by atoms with van der Waals surface area (Å²) in [4.78, 5) is 36.4. The van der Waals surface area contributed by atoms with E-state index in [1.165, 1.54) is 0 Å². The van der Waals surface area contributed by atoms with Crippen LogP contribution in [0, 0.1) is 11.3 Å². The van der Waals surface area contributed by atoms with Crippen LogP contribution in [0.2, 0.25) is 0 Å². The summed E-state index contributed by atoms with van der Waals surface area (Å²) in [6, 6.07) is 8.52. The van der Waals surface area contributed by atoms with Gasteiger partial charge in [0.25, 0.3) is 0 Å². The van der Waals surface area contributed by atoms with Crippen molar-refractivity contribution in [3.8, 4) is 6.07 Å². The fourth-order valence-corrected chi connectivity index (χ4v) is 5.49. The molecule has 0 aromatic heterocycles. The molecule has 4 N–H and O–H groups in total. The molecule has 3 saturated heterocycles. The molecule has 3 aliphatic heterocycles. The number of amides is 2. The number of hydrogen-bond donors (Lipinski definition) is 2. The van der Waals surface area contributed by atoms with Crippen LogP contribution in [0.3, 0.4) is 0 Å². The number of hydrogen-bond acceptors (Lipinski definition) is 9. The highest BCUT2D eigenvalue weighted by molar-refractivity contribution is 7.94. The highest BCUT2D eigenvalue weighted by atomic mass is 32.2. The molecule has 10 nitrogen and oxygen atoms in total. The molecule has 3 aliphatic rings. The third kappa shape index (κ3) is 4.34. The standard InChI is InChI=1S/C21H28N6O4S/c1-13(14-4-6-17(7-5-14)32-31-30-24)27-16-9-19(21(27)29)25(11-16)12-18(23)20(28)26-8-2-3-15(26)10-22/h4-7,13,15-16,18-19H,2-3,8-9,11-12,23-24H2,1H3/t13-,15-,16+,18-,19+/m0/s1. The molecule has 4 rings (SSSR count). The smallest absolute Gasteiger partial charge is 0.241 e. The van der Waals surface area contributed by atoms with Gasteiger partial charge in [-0.15, -0.1) is 9.32 Å². The van der Waals surface area contributed by atoms with E-state index in [-0.39, 0.29) is 36.0 Å². The largest absolute Gasteiger partial charge is 0.330 e. The molecule has 0 radical (unpaired) electrons. The summed E-state index contributed by atoms with van der Waals surface area (Å²) in [6.45, 7) is 3.62. The van der Waals surface area contributed by atoms with E-state index in [0.29, 0.717) is 26.1 Å². The quantitative estimate of drug-likeness (QED) is 0.326. The zero-order chi connectivity index (χ0) is 22.8. The molecule has 5 atom stereocenters.